The molecule has 0 saturated heterocycles. The molecule has 0 spiro atoms. The second-order valence-corrected chi connectivity index (χ2v) is 6.73. The number of unbranched alkanes of at least 4 members (excludes halogenated alkanes) is 1. The van der Waals surface area contributed by atoms with Crippen LogP contribution in [0, 0.1) is 0 Å². The normalized spacial score (nSPS) is 11.6. The van der Waals surface area contributed by atoms with Gasteiger partial charge in [0.15, 0.2) is 0 Å². The van der Waals surface area contributed by atoms with Crippen LogP contribution in [0.15, 0.2) is 23.1 Å². The van der Waals surface area contributed by atoms with Gasteiger partial charge in [-0.25, -0.2) is 17.5 Å². The molecule has 2 N–H and O–H groups in total. The van der Waals surface area contributed by atoms with E-state index in [1.54, 1.807) is 0 Å². The molecule has 0 aliphatic rings. The van der Waals surface area contributed by atoms with Crippen LogP contribution in [-0.4, -0.2) is 44.4 Å². The Morgan fingerprint density at radius 2 is 2.00 bits per heavy atom. The highest BCUT2D eigenvalue weighted by Gasteiger charge is 2.20. The van der Waals surface area contributed by atoms with E-state index < -0.39 is 16.0 Å². The van der Waals surface area contributed by atoms with Crippen molar-refractivity contribution in [2.75, 3.05) is 26.0 Å². The number of nitrogens with one attached hydrogen (secondary N) is 1. The molecule has 0 bridgehead atoms. The molecule has 20 heavy (non-hydrogen) atoms. The number of benzene rings is 1. The minimum absolute atomic E-state index is 0.0269. The molecule has 0 unspecified atom stereocenters. The van der Waals surface area contributed by atoms with Gasteiger partial charge < -0.3 is 10.4 Å². The summed E-state index contributed by atoms with van der Waals surface area (Å²) in [6.07, 6.45) is 1.90. The molecular formula is C13H20N2O4S. The van der Waals surface area contributed by atoms with Crippen LogP contribution >= 0.6 is 0 Å². The van der Waals surface area contributed by atoms with E-state index in [9.17, 15) is 18.3 Å². The summed E-state index contributed by atoms with van der Waals surface area (Å²) >= 11 is 0. The first kappa shape index (κ1) is 16.5. The Morgan fingerprint density at radius 1 is 1.35 bits per heavy atom. The third-order valence-electron chi connectivity index (χ3n) is 2.85. The third-order valence-corrected chi connectivity index (χ3v) is 4.66. The fourth-order valence-corrected chi connectivity index (χ4v) is 2.55. The number of hydrogen-bond donors (Lipinski definition) is 2. The number of carboxylic acid groups (broad SMARTS) is 1. The average Bonchev–Trinajstić information content (AvgIpc) is 2.38. The average molecular weight is 300 g/mol. The predicted molar refractivity (Wildman–Crippen MR) is 77.7 cm³/mol. The first-order valence-electron chi connectivity index (χ1n) is 6.34. The van der Waals surface area contributed by atoms with Crippen molar-refractivity contribution >= 4 is 21.7 Å². The lowest BCUT2D eigenvalue weighted by Crippen LogP contribution is -2.22. The van der Waals surface area contributed by atoms with Gasteiger partial charge in [-0.3, -0.25) is 0 Å². The van der Waals surface area contributed by atoms with Gasteiger partial charge in [0.25, 0.3) is 0 Å². The molecule has 0 aliphatic heterocycles. The Morgan fingerprint density at radius 3 is 2.50 bits per heavy atom. The Hall–Kier alpha value is -1.60. The summed E-state index contributed by atoms with van der Waals surface area (Å²) in [5.74, 6) is -1.15. The van der Waals surface area contributed by atoms with Crippen LogP contribution in [0.4, 0.5) is 5.69 Å². The van der Waals surface area contributed by atoms with Crippen molar-refractivity contribution in [1.29, 1.82) is 0 Å². The molecule has 1 aromatic rings. The largest absolute Gasteiger partial charge is 0.478 e. The lowest BCUT2D eigenvalue weighted by molar-refractivity contribution is 0.0697. The van der Waals surface area contributed by atoms with E-state index >= 15 is 0 Å². The fraction of sp³-hybridized carbons (Fsp3) is 0.462. The molecule has 6 nitrogen and oxygen atoms in total. The van der Waals surface area contributed by atoms with Gasteiger partial charge in [0.05, 0.1) is 10.5 Å². The van der Waals surface area contributed by atoms with Gasteiger partial charge in [0.1, 0.15) is 0 Å². The predicted octanol–water partition coefficient (Wildman–Crippen LogP) is 1.85. The molecule has 0 aromatic heterocycles. The summed E-state index contributed by atoms with van der Waals surface area (Å²) in [5.41, 5.74) is 0.396. The molecule has 0 fully saturated rings. The summed E-state index contributed by atoms with van der Waals surface area (Å²) in [7, 11) is -0.821. The van der Waals surface area contributed by atoms with Gasteiger partial charge in [0, 0.05) is 26.3 Å². The van der Waals surface area contributed by atoms with E-state index in [1.165, 1.54) is 32.3 Å². The van der Waals surface area contributed by atoms with Crippen LogP contribution < -0.4 is 5.32 Å². The number of aromatic carboxylic acids is 1. The van der Waals surface area contributed by atoms with Crippen LogP contribution in [-0.2, 0) is 10.0 Å². The van der Waals surface area contributed by atoms with Gasteiger partial charge in [0.2, 0.25) is 10.0 Å². The highest BCUT2D eigenvalue weighted by Crippen LogP contribution is 2.22. The maximum Gasteiger partial charge on any atom is 0.337 e. The molecule has 0 aliphatic carbocycles. The van der Waals surface area contributed by atoms with Crippen LogP contribution in [0.2, 0.25) is 0 Å². The van der Waals surface area contributed by atoms with Crippen molar-refractivity contribution in [1.82, 2.24) is 4.31 Å². The van der Waals surface area contributed by atoms with Crippen molar-refractivity contribution in [3.8, 4) is 0 Å². The van der Waals surface area contributed by atoms with Gasteiger partial charge in [-0.2, -0.15) is 0 Å². The summed E-state index contributed by atoms with van der Waals surface area (Å²) < 4.78 is 25.0. The quantitative estimate of drug-likeness (QED) is 0.750. The molecule has 0 amide bonds. The monoisotopic (exact) mass is 300 g/mol. The summed E-state index contributed by atoms with van der Waals surface area (Å²) in [6, 6.07) is 4.09. The maximum atomic E-state index is 12.0. The van der Waals surface area contributed by atoms with Crippen molar-refractivity contribution in [3.63, 3.8) is 0 Å². The highest BCUT2D eigenvalue weighted by molar-refractivity contribution is 7.89. The number of rotatable bonds is 7. The van der Waals surface area contributed by atoms with E-state index in [1.807, 2.05) is 6.92 Å². The smallest absolute Gasteiger partial charge is 0.337 e. The molecule has 1 aromatic carbocycles. The summed E-state index contributed by atoms with van der Waals surface area (Å²) in [5, 5.41) is 12.2. The van der Waals surface area contributed by atoms with Crippen LogP contribution in [0.1, 0.15) is 30.1 Å². The van der Waals surface area contributed by atoms with E-state index in [-0.39, 0.29) is 10.5 Å². The fourth-order valence-electron chi connectivity index (χ4n) is 1.63. The van der Waals surface area contributed by atoms with Crippen molar-refractivity contribution < 1.29 is 18.3 Å². The van der Waals surface area contributed by atoms with Crippen LogP contribution in [0.3, 0.4) is 0 Å². The molecule has 0 heterocycles. The number of sulfonamides is 1. The Balaban J connectivity index is 3.17. The SMILES string of the molecule is CCCCNc1ccc(S(=O)(=O)N(C)C)cc1C(=O)O. The first-order chi connectivity index (χ1) is 9.30. The zero-order valence-corrected chi connectivity index (χ0v) is 12.7. The molecule has 112 valence electrons. The Kier molecular flexibility index (Phi) is 5.52. The lowest BCUT2D eigenvalue weighted by atomic mass is 10.1. The summed E-state index contributed by atoms with van der Waals surface area (Å²) in [6.45, 7) is 2.68. The molecule has 1 rings (SSSR count). The minimum atomic E-state index is -3.63. The molecular weight excluding hydrogens is 280 g/mol. The number of carbonyl (C=O) groups is 1. The third kappa shape index (κ3) is 3.71. The second kappa shape index (κ2) is 6.71. The zero-order chi connectivity index (χ0) is 15.3. The first-order valence-corrected chi connectivity index (χ1v) is 7.78. The van der Waals surface area contributed by atoms with Crippen LogP contribution in [0.5, 0.6) is 0 Å². The Labute approximate surface area is 119 Å². The van der Waals surface area contributed by atoms with Crippen molar-refractivity contribution in [2.24, 2.45) is 0 Å². The zero-order valence-electron chi connectivity index (χ0n) is 11.9. The van der Waals surface area contributed by atoms with Gasteiger partial charge in [-0.05, 0) is 24.6 Å². The minimum Gasteiger partial charge on any atom is -0.478 e. The molecule has 0 saturated carbocycles. The number of carboxylic acids is 1. The molecule has 0 atom stereocenters. The second-order valence-electron chi connectivity index (χ2n) is 4.58. The van der Waals surface area contributed by atoms with E-state index in [4.69, 9.17) is 0 Å². The topological polar surface area (TPSA) is 86.7 Å². The van der Waals surface area contributed by atoms with Gasteiger partial charge in [-0.1, -0.05) is 13.3 Å². The van der Waals surface area contributed by atoms with E-state index in [0.29, 0.717) is 12.2 Å². The molecule has 7 heteroatoms. The number of nitrogens with zero attached hydrogens (tertiary/aromatic N) is 1. The number of hydrogen-bond acceptors (Lipinski definition) is 4. The maximum absolute atomic E-state index is 12.0. The van der Waals surface area contributed by atoms with Gasteiger partial charge >= 0.3 is 5.97 Å². The lowest BCUT2D eigenvalue weighted by Gasteiger charge is -2.14. The Bertz CT molecular complexity index is 582. The van der Waals surface area contributed by atoms with E-state index in [2.05, 4.69) is 5.32 Å². The van der Waals surface area contributed by atoms with Crippen molar-refractivity contribution in [3.05, 3.63) is 23.8 Å². The highest BCUT2D eigenvalue weighted by atomic mass is 32.2. The standard InChI is InChI=1S/C13H20N2O4S/c1-4-5-8-14-12-7-6-10(9-11(12)13(16)17)20(18,19)15(2)3/h6-7,9,14H,4-5,8H2,1-3H3,(H,16,17). The van der Waals surface area contributed by atoms with Crippen LogP contribution in [0.25, 0.3) is 0 Å². The van der Waals surface area contributed by atoms with Gasteiger partial charge in [-0.15, -0.1) is 0 Å². The molecule has 0 radical (unpaired) electrons. The van der Waals surface area contributed by atoms with E-state index in [0.717, 1.165) is 17.1 Å². The van der Waals surface area contributed by atoms with Crippen molar-refractivity contribution in [2.45, 2.75) is 24.7 Å². The number of anilines is 1. The summed E-state index contributed by atoms with van der Waals surface area (Å²) in [4.78, 5) is 11.2.